The molecule has 0 aliphatic carbocycles. The Morgan fingerprint density at radius 3 is 2.49 bits per heavy atom. The topological polar surface area (TPSA) is 162 Å². The van der Waals surface area contributed by atoms with Crippen molar-refractivity contribution in [2.24, 2.45) is 5.92 Å². The molecule has 0 radical (unpaired) electrons. The maximum absolute atomic E-state index is 13.6. The average Bonchev–Trinajstić information content (AvgIpc) is 3.60. The van der Waals surface area contributed by atoms with E-state index < -0.39 is 16.3 Å². The number of nitrogens with one attached hydrogen (secondary N) is 1. The third kappa shape index (κ3) is 7.00. The van der Waals surface area contributed by atoms with Crippen LogP contribution in [-0.4, -0.2) is 55.7 Å². The number of aromatic hydroxyl groups is 1. The number of rotatable bonds is 10. The van der Waals surface area contributed by atoms with Crippen LogP contribution in [0.2, 0.25) is 0 Å². The number of pyridine rings is 1. The summed E-state index contributed by atoms with van der Waals surface area (Å²) >= 11 is 1.43. The van der Waals surface area contributed by atoms with Gasteiger partial charge in [0.2, 0.25) is 5.16 Å². The van der Waals surface area contributed by atoms with Crippen molar-refractivity contribution in [3.05, 3.63) is 126 Å². The minimum Gasteiger partial charge on any atom is -0.508 e. The molecule has 2 aromatic heterocycles. The number of ether oxygens (including phenoxy) is 2. The Morgan fingerprint density at radius 2 is 1.69 bits per heavy atom. The number of hydrogen-bond donors (Lipinski definition) is 3. The van der Waals surface area contributed by atoms with Gasteiger partial charge in [-0.05, 0) is 70.1 Å². The van der Waals surface area contributed by atoms with Crippen LogP contribution in [0.25, 0.3) is 16.6 Å². The minimum atomic E-state index is -3.98. The fourth-order valence-electron chi connectivity index (χ4n) is 5.74. The predicted octanol–water partition coefficient (Wildman–Crippen LogP) is 5.79. The number of aliphatic hydroxyl groups is 1. The number of aromatic nitrogens is 5. The number of tetrazole rings is 1. The summed E-state index contributed by atoms with van der Waals surface area (Å²) in [7, 11) is -3.98. The molecule has 4 aromatic carbocycles. The van der Waals surface area contributed by atoms with Crippen LogP contribution in [0.1, 0.15) is 36.0 Å². The van der Waals surface area contributed by atoms with Gasteiger partial charge in [0, 0.05) is 34.5 Å². The summed E-state index contributed by atoms with van der Waals surface area (Å²) in [6.45, 7) is 1.98. The second-order valence-corrected chi connectivity index (χ2v) is 14.2. The van der Waals surface area contributed by atoms with Crippen LogP contribution < -0.4 is 4.72 Å². The number of aliphatic hydroxyl groups excluding tert-OH is 1. The fraction of sp³-hybridized carbons (Fsp3) is 0.200. The molecule has 14 heteroatoms. The first kappa shape index (κ1) is 32.7. The Morgan fingerprint density at radius 1 is 0.918 bits per heavy atom. The molecule has 1 aliphatic rings. The lowest BCUT2D eigenvalue weighted by Crippen LogP contribution is -2.38. The van der Waals surface area contributed by atoms with E-state index >= 15 is 0 Å². The number of benzene rings is 4. The third-order valence-corrected chi connectivity index (χ3v) is 10.8. The van der Waals surface area contributed by atoms with Gasteiger partial charge in [-0.15, -0.1) is 5.10 Å². The summed E-state index contributed by atoms with van der Waals surface area (Å²) in [4.78, 5) is 4.38. The lowest BCUT2D eigenvalue weighted by atomic mass is 9.91. The van der Waals surface area contributed by atoms with E-state index in [0.717, 1.165) is 16.5 Å². The number of hydrogen-bond acceptors (Lipinski definition) is 11. The lowest BCUT2D eigenvalue weighted by molar-refractivity contribution is -0.268. The predicted molar refractivity (Wildman–Crippen MR) is 184 cm³/mol. The molecule has 49 heavy (non-hydrogen) atoms. The van der Waals surface area contributed by atoms with Gasteiger partial charge in [0.15, 0.2) is 6.29 Å². The molecule has 7 rings (SSSR count). The van der Waals surface area contributed by atoms with Crippen LogP contribution >= 0.6 is 11.8 Å². The van der Waals surface area contributed by atoms with Gasteiger partial charge in [0.1, 0.15) is 10.6 Å². The Hall–Kier alpha value is -4.86. The van der Waals surface area contributed by atoms with Gasteiger partial charge in [-0.25, -0.2) is 8.42 Å². The van der Waals surface area contributed by atoms with E-state index in [1.165, 1.54) is 17.8 Å². The van der Waals surface area contributed by atoms with Crippen molar-refractivity contribution in [3.63, 3.8) is 0 Å². The Labute approximate surface area is 286 Å². The molecule has 3 N–H and O–H groups in total. The maximum Gasteiger partial charge on any atom is 0.264 e. The van der Waals surface area contributed by atoms with Crippen molar-refractivity contribution in [2.75, 3.05) is 10.5 Å². The van der Waals surface area contributed by atoms with Gasteiger partial charge in [0.05, 0.1) is 30.0 Å². The molecule has 6 aromatic rings. The molecular weight excluding hydrogens is 665 g/mol. The van der Waals surface area contributed by atoms with E-state index in [1.54, 1.807) is 65.5 Å². The van der Waals surface area contributed by atoms with Crippen LogP contribution in [0.3, 0.4) is 0 Å². The number of anilines is 1. The molecule has 0 bridgehead atoms. The largest absolute Gasteiger partial charge is 0.508 e. The molecular formula is C35H32N6O6S2. The van der Waals surface area contributed by atoms with Gasteiger partial charge >= 0.3 is 0 Å². The third-order valence-electron chi connectivity index (χ3n) is 8.33. The Kier molecular flexibility index (Phi) is 9.29. The number of phenolic OH excluding ortho intramolecular Hbond substituents is 1. The van der Waals surface area contributed by atoms with Crippen molar-refractivity contribution in [2.45, 2.75) is 42.1 Å². The summed E-state index contributed by atoms with van der Waals surface area (Å²) in [5.41, 5.74) is 3.76. The van der Waals surface area contributed by atoms with E-state index in [9.17, 15) is 18.6 Å². The summed E-state index contributed by atoms with van der Waals surface area (Å²) in [5, 5.41) is 32.8. The molecule has 4 atom stereocenters. The first-order valence-corrected chi connectivity index (χ1v) is 17.9. The van der Waals surface area contributed by atoms with Crippen LogP contribution in [0, 0.1) is 5.92 Å². The Balaban J connectivity index is 1.16. The first-order valence-electron chi connectivity index (χ1n) is 15.5. The van der Waals surface area contributed by atoms with Crippen LogP contribution in [0.15, 0.2) is 119 Å². The average molecular weight is 697 g/mol. The van der Waals surface area contributed by atoms with Gasteiger partial charge in [-0.1, -0.05) is 73.3 Å². The number of para-hydroxylation sites is 1. The standard InChI is InChI=1S/C35H32N6O6S2/c1-22-30(21-48-35-37-39-40-41(35)28-14-16-29(43)17-15-28)46-34(47-33(22)25-12-10-23(20-42)11-13-25)26-6-2-8-27(19-26)38-49(44,45)31-9-3-5-24-7-4-18-36-32(24)31/h2-19,22,30,33-34,38,42-43H,20-21H2,1H3. The number of thioether (sulfide) groups is 1. The number of fused-ring (bicyclic) bond motifs is 1. The minimum absolute atomic E-state index is 0.0698. The second kappa shape index (κ2) is 13.9. The molecule has 0 amide bonds. The summed E-state index contributed by atoms with van der Waals surface area (Å²) in [6.07, 6.45) is 0.0171. The van der Waals surface area contributed by atoms with E-state index in [0.29, 0.717) is 33.4 Å². The van der Waals surface area contributed by atoms with Crippen molar-refractivity contribution < 1.29 is 28.1 Å². The number of phenols is 1. The highest BCUT2D eigenvalue weighted by atomic mass is 32.2. The molecule has 1 saturated heterocycles. The lowest BCUT2D eigenvalue weighted by Gasteiger charge is -2.41. The van der Waals surface area contributed by atoms with Crippen molar-refractivity contribution in [3.8, 4) is 11.4 Å². The zero-order valence-corrected chi connectivity index (χ0v) is 27.8. The van der Waals surface area contributed by atoms with Gasteiger partial charge < -0.3 is 19.7 Å². The van der Waals surface area contributed by atoms with Gasteiger partial charge in [-0.2, -0.15) is 4.68 Å². The molecule has 0 saturated carbocycles. The zero-order chi connectivity index (χ0) is 34.0. The second-order valence-electron chi connectivity index (χ2n) is 11.6. The molecule has 4 unspecified atom stereocenters. The molecule has 3 heterocycles. The van der Waals surface area contributed by atoms with Crippen LogP contribution in [0.4, 0.5) is 5.69 Å². The van der Waals surface area contributed by atoms with Gasteiger partial charge in [0.25, 0.3) is 10.0 Å². The number of sulfonamides is 1. The number of nitrogens with zero attached hydrogens (tertiary/aromatic N) is 5. The van der Waals surface area contributed by atoms with Crippen molar-refractivity contribution in [1.29, 1.82) is 0 Å². The molecule has 250 valence electrons. The quantitative estimate of drug-likeness (QED) is 0.149. The highest BCUT2D eigenvalue weighted by molar-refractivity contribution is 7.99. The molecule has 1 fully saturated rings. The van der Waals surface area contributed by atoms with E-state index in [-0.39, 0.29) is 35.4 Å². The van der Waals surface area contributed by atoms with E-state index in [4.69, 9.17) is 9.47 Å². The van der Waals surface area contributed by atoms with E-state index in [1.807, 2.05) is 42.5 Å². The smallest absolute Gasteiger partial charge is 0.264 e. The van der Waals surface area contributed by atoms with Crippen LogP contribution in [-0.2, 0) is 26.1 Å². The highest BCUT2D eigenvalue weighted by Crippen LogP contribution is 2.43. The molecule has 1 aliphatic heterocycles. The fourth-order valence-corrected chi connectivity index (χ4v) is 8.03. The van der Waals surface area contributed by atoms with Crippen molar-refractivity contribution >= 4 is 38.4 Å². The molecule has 0 spiro atoms. The summed E-state index contributed by atoms with van der Waals surface area (Å²) < 4.78 is 44.6. The van der Waals surface area contributed by atoms with Gasteiger partial charge in [-0.3, -0.25) is 9.71 Å². The molecule has 12 nitrogen and oxygen atoms in total. The maximum atomic E-state index is 13.6. The summed E-state index contributed by atoms with van der Waals surface area (Å²) in [5.74, 6) is 0.509. The monoisotopic (exact) mass is 696 g/mol. The zero-order valence-electron chi connectivity index (χ0n) is 26.2. The first-order chi connectivity index (χ1) is 23.8. The highest BCUT2D eigenvalue weighted by Gasteiger charge is 2.39. The summed E-state index contributed by atoms with van der Waals surface area (Å²) in [6, 6.07) is 29.8. The SMILES string of the molecule is CC1C(CSc2nnnn2-c2ccc(O)cc2)OC(c2cccc(NS(=O)(=O)c3cccc4cccnc34)c2)OC1c1ccc(CO)cc1. The van der Waals surface area contributed by atoms with E-state index in [2.05, 4.69) is 32.2 Å². The van der Waals surface area contributed by atoms with Crippen LogP contribution in [0.5, 0.6) is 5.75 Å². The normalized spacial score (nSPS) is 19.6. The van der Waals surface area contributed by atoms with Crippen molar-refractivity contribution in [1.82, 2.24) is 25.2 Å². The Bertz CT molecular complexity index is 2170.